The molecule has 84 valence electrons. The van der Waals surface area contributed by atoms with Gasteiger partial charge in [0.2, 0.25) is 0 Å². The predicted molar refractivity (Wildman–Crippen MR) is 69.2 cm³/mol. The summed E-state index contributed by atoms with van der Waals surface area (Å²) in [6.45, 7) is 3.39. The Morgan fingerprint density at radius 3 is 2.62 bits per heavy atom. The van der Waals surface area contributed by atoms with Crippen LogP contribution in [0.5, 0.6) is 0 Å². The summed E-state index contributed by atoms with van der Waals surface area (Å²) >= 11 is 3.43. The number of nitrogens with two attached hydrogens (primary N) is 1. The molecule has 1 aromatic carbocycles. The van der Waals surface area contributed by atoms with Crippen molar-refractivity contribution in [3.8, 4) is 11.1 Å². The molecule has 16 heavy (non-hydrogen) atoms. The summed E-state index contributed by atoms with van der Waals surface area (Å²) in [6.07, 6.45) is 2.05. The zero-order chi connectivity index (χ0) is 11.5. The molecule has 0 atom stereocenters. The van der Waals surface area contributed by atoms with E-state index < -0.39 is 0 Å². The van der Waals surface area contributed by atoms with Crippen LogP contribution in [0.15, 0.2) is 34.9 Å². The molecule has 0 saturated carbocycles. The van der Waals surface area contributed by atoms with E-state index in [2.05, 4.69) is 33.2 Å². The average Bonchev–Trinajstić information content (AvgIpc) is 2.61. The van der Waals surface area contributed by atoms with Gasteiger partial charge in [-0.3, -0.25) is 4.68 Å². The molecule has 2 aromatic rings. The molecule has 0 aliphatic rings. The molecule has 2 N–H and O–H groups in total. The molecule has 0 aliphatic heterocycles. The summed E-state index contributed by atoms with van der Waals surface area (Å²) in [4.78, 5) is 0. The van der Waals surface area contributed by atoms with Crippen molar-refractivity contribution in [1.29, 1.82) is 0 Å². The van der Waals surface area contributed by atoms with E-state index in [0.29, 0.717) is 6.54 Å². The second-order valence-corrected chi connectivity index (χ2v) is 4.60. The maximum Gasteiger partial charge on any atom is 0.0672 e. The van der Waals surface area contributed by atoms with Gasteiger partial charge in [-0.25, -0.2) is 0 Å². The number of hydrogen-bond donors (Lipinski definition) is 1. The van der Waals surface area contributed by atoms with E-state index in [1.165, 1.54) is 11.1 Å². The largest absolute Gasteiger partial charge is 0.329 e. The topological polar surface area (TPSA) is 43.8 Å². The standard InChI is InChI=1S/C12H14BrN3/c1-9-12(8-16(15-9)7-6-14)10-2-4-11(13)5-3-10/h2-5,8H,6-7,14H2,1H3. The van der Waals surface area contributed by atoms with E-state index in [1.807, 2.05) is 29.9 Å². The first-order valence-corrected chi connectivity index (χ1v) is 6.00. The Labute approximate surface area is 103 Å². The fourth-order valence-corrected chi connectivity index (χ4v) is 1.94. The summed E-state index contributed by atoms with van der Waals surface area (Å²) in [5.74, 6) is 0. The fourth-order valence-electron chi connectivity index (χ4n) is 1.68. The van der Waals surface area contributed by atoms with E-state index in [9.17, 15) is 0 Å². The average molecular weight is 280 g/mol. The van der Waals surface area contributed by atoms with Crippen LogP contribution in [0.2, 0.25) is 0 Å². The van der Waals surface area contributed by atoms with Gasteiger partial charge >= 0.3 is 0 Å². The minimum atomic E-state index is 0.612. The molecule has 2 rings (SSSR count). The minimum absolute atomic E-state index is 0.612. The van der Waals surface area contributed by atoms with E-state index in [4.69, 9.17) is 5.73 Å². The molecule has 0 unspecified atom stereocenters. The molecule has 0 fully saturated rings. The Bertz CT molecular complexity index is 474. The Morgan fingerprint density at radius 1 is 1.31 bits per heavy atom. The monoisotopic (exact) mass is 279 g/mol. The van der Waals surface area contributed by atoms with Gasteiger partial charge in [-0.05, 0) is 24.6 Å². The molecule has 1 heterocycles. The number of aryl methyl sites for hydroxylation is 1. The number of hydrogen-bond acceptors (Lipinski definition) is 2. The van der Waals surface area contributed by atoms with Gasteiger partial charge in [-0.2, -0.15) is 5.10 Å². The van der Waals surface area contributed by atoms with Crippen molar-refractivity contribution >= 4 is 15.9 Å². The van der Waals surface area contributed by atoms with E-state index >= 15 is 0 Å². The first kappa shape index (κ1) is 11.4. The number of aromatic nitrogens is 2. The zero-order valence-corrected chi connectivity index (χ0v) is 10.7. The van der Waals surface area contributed by atoms with Crippen LogP contribution in [0.4, 0.5) is 0 Å². The van der Waals surface area contributed by atoms with Crippen LogP contribution in [0.25, 0.3) is 11.1 Å². The van der Waals surface area contributed by atoms with Crippen molar-refractivity contribution in [2.24, 2.45) is 5.73 Å². The highest BCUT2D eigenvalue weighted by Gasteiger charge is 2.06. The number of halogens is 1. The number of benzene rings is 1. The first-order valence-electron chi connectivity index (χ1n) is 5.21. The lowest BCUT2D eigenvalue weighted by atomic mass is 10.1. The number of rotatable bonds is 3. The van der Waals surface area contributed by atoms with Crippen LogP contribution in [-0.4, -0.2) is 16.3 Å². The van der Waals surface area contributed by atoms with Crippen LogP contribution in [0.3, 0.4) is 0 Å². The van der Waals surface area contributed by atoms with E-state index in [0.717, 1.165) is 16.7 Å². The molecule has 0 saturated heterocycles. The van der Waals surface area contributed by atoms with Gasteiger partial charge in [0.05, 0.1) is 12.2 Å². The van der Waals surface area contributed by atoms with Crippen LogP contribution >= 0.6 is 15.9 Å². The summed E-state index contributed by atoms with van der Waals surface area (Å²) in [5, 5.41) is 4.42. The zero-order valence-electron chi connectivity index (χ0n) is 9.15. The highest BCUT2D eigenvalue weighted by atomic mass is 79.9. The molecule has 3 nitrogen and oxygen atoms in total. The van der Waals surface area contributed by atoms with Gasteiger partial charge in [-0.1, -0.05) is 28.1 Å². The van der Waals surface area contributed by atoms with Gasteiger partial charge < -0.3 is 5.73 Å². The van der Waals surface area contributed by atoms with Crippen LogP contribution < -0.4 is 5.73 Å². The maximum absolute atomic E-state index is 5.51. The smallest absolute Gasteiger partial charge is 0.0672 e. The minimum Gasteiger partial charge on any atom is -0.329 e. The van der Waals surface area contributed by atoms with E-state index in [-0.39, 0.29) is 0 Å². The lowest BCUT2D eigenvalue weighted by Crippen LogP contribution is -2.10. The quantitative estimate of drug-likeness (QED) is 0.939. The second kappa shape index (κ2) is 4.80. The van der Waals surface area contributed by atoms with Crippen LogP contribution in [-0.2, 0) is 6.54 Å². The van der Waals surface area contributed by atoms with Crippen molar-refractivity contribution in [3.63, 3.8) is 0 Å². The molecule has 0 aliphatic carbocycles. The van der Waals surface area contributed by atoms with Gasteiger partial charge in [-0.15, -0.1) is 0 Å². The Hall–Kier alpha value is -1.13. The highest BCUT2D eigenvalue weighted by Crippen LogP contribution is 2.24. The van der Waals surface area contributed by atoms with Gasteiger partial charge in [0.1, 0.15) is 0 Å². The molecule has 0 bridgehead atoms. The molecule has 0 radical (unpaired) electrons. The summed E-state index contributed by atoms with van der Waals surface area (Å²) in [5.41, 5.74) is 8.90. The fraction of sp³-hybridized carbons (Fsp3) is 0.250. The molecule has 4 heteroatoms. The van der Waals surface area contributed by atoms with Crippen molar-refractivity contribution in [2.45, 2.75) is 13.5 Å². The van der Waals surface area contributed by atoms with Crippen molar-refractivity contribution in [3.05, 3.63) is 40.6 Å². The second-order valence-electron chi connectivity index (χ2n) is 3.69. The van der Waals surface area contributed by atoms with Crippen LogP contribution in [0.1, 0.15) is 5.69 Å². The van der Waals surface area contributed by atoms with Gasteiger partial charge in [0.25, 0.3) is 0 Å². The maximum atomic E-state index is 5.51. The lowest BCUT2D eigenvalue weighted by Gasteiger charge is -1.98. The third-order valence-corrected chi connectivity index (χ3v) is 2.99. The predicted octanol–water partition coefficient (Wildman–Crippen LogP) is 2.58. The third kappa shape index (κ3) is 2.33. The summed E-state index contributed by atoms with van der Waals surface area (Å²) in [7, 11) is 0. The Morgan fingerprint density at radius 2 is 2.00 bits per heavy atom. The molecule has 0 spiro atoms. The molecular formula is C12H14BrN3. The summed E-state index contributed by atoms with van der Waals surface area (Å²) in [6, 6.07) is 8.24. The van der Waals surface area contributed by atoms with Crippen molar-refractivity contribution in [2.75, 3.05) is 6.54 Å². The van der Waals surface area contributed by atoms with Crippen LogP contribution in [0, 0.1) is 6.92 Å². The summed E-state index contributed by atoms with van der Waals surface area (Å²) < 4.78 is 2.98. The van der Waals surface area contributed by atoms with Crippen molar-refractivity contribution in [1.82, 2.24) is 9.78 Å². The molecule has 0 amide bonds. The van der Waals surface area contributed by atoms with Crippen molar-refractivity contribution < 1.29 is 0 Å². The molecular weight excluding hydrogens is 266 g/mol. The SMILES string of the molecule is Cc1nn(CCN)cc1-c1ccc(Br)cc1. The Balaban J connectivity index is 2.36. The highest BCUT2D eigenvalue weighted by molar-refractivity contribution is 9.10. The third-order valence-electron chi connectivity index (χ3n) is 2.46. The normalized spacial score (nSPS) is 10.7. The Kier molecular flexibility index (Phi) is 3.41. The molecule has 1 aromatic heterocycles. The number of nitrogens with zero attached hydrogens (tertiary/aromatic N) is 2. The first-order chi connectivity index (χ1) is 7.70. The lowest BCUT2D eigenvalue weighted by molar-refractivity contribution is 0.620. The van der Waals surface area contributed by atoms with Gasteiger partial charge in [0.15, 0.2) is 0 Å². The van der Waals surface area contributed by atoms with E-state index in [1.54, 1.807) is 0 Å². The van der Waals surface area contributed by atoms with Gasteiger partial charge in [0, 0.05) is 22.8 Å².